The van der Waals surface area contributed by atoms with Gasteiger partial charge in [-0.15, -0.1) is 0 Å². The Kier molecular flexibility index (Phi) is 4.47. The number of furan rings is 1. The van der Waals surface area contributed by atoms with Crippen molar-refractivity contribution in [2.24, 2.45) is 0 Å². The molecule has 0 N–H and O–H groups in total. The number of benzene rings is 1. The molecule has 0 saturated carbocycles. The average molecular weight is 326 g/mol. The van der Waals surface area contributed by atoms with Crippen LogP contribution in [0, 0.1) is 0 Å². The molecule has 0 saturated heterocycles. The molecule has 3 rings (SSSR count). The summed E-state index contributed by atoms with van der Waals surface area (Å²) in [7, 11) is 1.52. The first-order chi connectivity index (χ1) is 11.7. The monoisotopic (exact) mass is 326 g/mol. The van der Waals surface area contributed by atoms with Crippen LogP contribution >= 0.6 is 0 Å². The topological polar surface area (TPSA) is 78.9 Å². The van der Waals surface area contributed by atoms with Crippen LogP contribution in [-0.2, 0) is 16.1 Å². The van der Waals surface area contributed by atoms with E-state index in [0.717, 1.165) is 0 Å². The summed E-state index contributed by atoms with van der Waals surface area (Å²) in [5, 5.41) is 0.679. The summed E-state index contributed by atoms with van der Waals surface area (Å²) in [6, 6.07) is 9.84. The van der Waals surface area contributed by atoms with Crippen LogP contribution in [0.15, 0.2) is 62.4 Å². The molecule has 3 aromatic rings. The molecule has 0 bridgehead atoms. The van der Waals surface area contributed by atoms with Gasteiger partial charge in [-0.05, 0) is 30.3 Å². The van der Waals surface area contributed by atoms with Crippen LogP contribution < -0.4 is 10.4 Å². The third kappa shape index (κ3) is 3.55. The van der Waals surface area contributed by atoms with E-state index in [1.54, 1.807) is 30.3 Å². The lowest BCUT2D eigenvalue weighted by Gasteiger charge is -2.07. The first-order valence-electron chi connectivity index (χ1n) is 7.15. The summed E-state index contributed by atoms with van der Waals surface area (Å²) in [5.41, 5.74) is 0.413. The Bertz CT molecular complexity index is 934. The van der Waals surface area contributed by atoms with E-state index >= 15 is 0 Å². The predicted octanol–water partition coefficient (Wildman–Crippen LogP) is 3.15. The zero-order chi connectivity index (χ0) is 16.9. The van der Waals surface area contributed by atoms with E-state index in [4.69, 9.17) is 18.3 Å². The molecule has 0 spiro atoms. The van der Waals surface area contributed by atoms with Crippen LogP contribution in [0.2, 0.25) is 0 Å². The van der Waals surface area contributed by atoms with E-state index in [1.165, 1.54) is 31.6 Å². The van der Waals surface area contributed by atoms with E-state index in [0.29, 0.717) is 28.0 Å². The van der Waals surface area contributed by atoms with Gasteiger partial charge in [0.05, 0.1) is 13.4 Å². The Morgan fingerprint density at radius 1 is 1.25 bits per heavy atom. The van der Waals surface area contributed by atoms with Crippen LogP contribution in [0.5, 0.6) is 5.75 Å². The second-order valence-corrected chi connectivity index (χ2v) is 4.91. The predicted molar refractivity (Wildman–Crippen MR) is 86.6 cm³/mol. The minimum Gasteiger partial charge on any atom is -0.497 e. The summed E-state index contributed by atoms with van der Waals surface area (Å²) in [5.74, 6) is 0.576. The van der Waals surface area contributed by atoms with E-state index in [1.807, 2.05) is 0 Å². The standard InChI is InChI=1S/C18H14O6/c1-21-14-4-6-15-12(9-18(20)24-16(15)10-14)11-23-17(19)7-5-13-3-2-8-22-13/h2-10H,11H2,1H3/b7-5+. The number of carbonyl (C=O) groups excluding carboxylic acids is 1. The Morgan fingerprint density at radius 3 is 2.88 bits per heavy atom. The summed E-state index contributed by atoms with van der Waals surface area (Å²) >= 11 is 0. The molecule has 0 fully saturated rings. The van der Waals surface area contributed by atoms with Gasteiger partial charge in [0.15, 0.2) is 0 Å². The highest BCUT2D eigenvalue weighted by atomic mass is 16.5. The second-order valence-electron chi connectivity index (χ2n) is 4.91. The molecule has 0 aliphatic carbocycles. The lowest BCUT2D eigenvalue weighted by molar-refractivity contribution is -0.138. The fourth-order valence-electron chi connectivity index (χ4n) is 2.19. The molecule has 0 atom stereocenters. The van der Waals surface area contributed by atoms with E-state index in [2.05, 4.69) is 0 Å². The van der Waals surface area contributed by atoms with Gasteiger partial charge in [-0.1, -0.05) is 0 Å². The average Bonchev–Trinajstić information content (AvgIpc) is 3.10. The number of esters is 1. The van der Waals surface area contributed by atoms with Gasteiger partial charge < -0.3 is 18.3 Å². The molecular weight excluding hydrogens is 312 g/mol. The minimum atomic E-state index is -0.540. The fraction of sp³-hybridized carbons (Fsp3) is 0.111. The Balaban J connectivity index is 1.77. The lowest BCUT2D eigenvalue weighted by atomic mass is 10.1. The molecule has 0 amide bonds. The first-order valence-corrected chi connectivity index (χ1v) is 7.15. The molecule has 0 aliphatic rings. The van der Waals surface area contributed by atoms with Crippen molar-refractivity contribution in [3.63, 3.8) is 0 Å². The minimum absolute atomic E-state index is 0.0459. The first kappa shape index (κ1) is 15.6. The molecule has 122 valence electrons. The van der Waals surface area contributed by atoms with Gasteiger partial charge >= 0.3 is 11.6 Å². The smallest absolute Gasteiger partial charge is 0.336 e. The summed E-state index contributed by atoms with van der Waals surface area (Å²) in [6.45, 7) is -0.0459. The molecule has 0 unspecified atom stereocenters. The molecule has 1 aromatic carbocycles. The van der Waals surface area contributed by atoms with E-state index in [9.17, 15) is 9.59 Å². The van der Waals surface area contributed by atoms with Gasteiger partial charge in [0.25, 0.3) is 0 Å². The highest BCUT2D eigenvalue weighted by molar-refractivity contribution is 5.87. The summed E-state index contributed by atoms with van der Waals surface area (Å²) in [6.07, 6.45) is 4.27. The van der Waals surface area contributed by atoms with Gasteiger partial charge in [0, 0.05) is 29.2 Å². The third-order valence-electron chi connectivity index (χ3n) is 3.33. The number of methoxy groups -OCH3 is 1. The number of rotatable bonds is 5. The van der Waals surface area contributed by atoms with Crippen molar-refractivity contribution in [3.05, 3.63) is 70.5 Å². The lowest BCUT2D eigenvalue weighted by Crippen LogP contribution is -2.05. The number of fused-ring (bicyclic) bond motifs is 1. The van der Waals surface area contributed by atoms with Crippen molar-refractivity contribution < 1.29 is 23.1 Å². The molecule has 2 heterocycles. The number of hydrogen-bond donors (Lipinski definition) is 0. The van der Waals surface area contributed by atoms with Gasteiger partial charge in [-0.2, -0.15) is 0 Å². The maximum Gasteiger partial charge on any atom is 0.336 e. The number of hydrogen-bond acceptors (Lipinski definition) is 6. The van der Waals surface area contributed by atoms with Gasteiger partial charge in [0.1, 0.15) is 23.7 Å². The zero-order valence-corrected chi connectivity index (χ0v) is 12.9. The van der Waals surface area contributed by atoms with Crippen molar-refractivity contribution in [1.29, 1.82) is 0 Å². The fourth-order valence-corrected chi connectivity index (χ4v) is 2.19. The van der Waals surface area contributed by atoms with Gasteiger partial charge in [-0.3, -0.25) is 0 Å². The molecule has 6 heteroatoms. The van der Waals surface area contributed by atoms with E-state index in [-0.39, 0.29) is 6.61 Å². The second kappa shape index (κ2) is 6.87. The third-order valence-corrected chi connectivity index (χ3v) is 3.33. The number of ether oxygens (including phenoxy) is 2. The molecule has 6 nitrogen and oxygen atoms in total. The number of carbonyl (C=O) groups is 1. The zero-order valence-electron chi connectivity index (χ0n) is 12.9. The molecule has 0 aliphatic heterocycles. The highest BCUT2D eigenvalue weighted by Crippen LogP contribution is 2.23. The van der Waals surface area contributed by atoms with Crippen LogP contribution in [-0.4, -0.2) is 13.1 Å². The van der Waals surface area contributed by atoms with Crippen molar-refractivity contribution in [3.8, 4) is 5.75 Å². The molecule has 24 heavy (non-hydrogen) atoms. The van der Waals surface area contributed by atoms with Gasteiger partial charge in [-0.25, -0.2) is 9.59 Å². The van der Waals surface area contributed by atoms with Gasteiger partial charge in [0.2, 0.25) is 0 Å². The van der Waals surface area contributed by atoms with Crippen molar-refractivity contribution in [2.75, 3.05) is 7.11 Å². The Labute approximate surface area is 136 Å². The largest absolute Gasteiger partial charge is 0.497 e. The maximum absolute atomic E-state index is 11.8. The molecular formula is C18H14O6. The molecule has 2 aromatic heterocycles. The van der Waals surface area contributed by atoms with Crippen molar-refractivity contribution in [1.82, 2.24) is 0 Å². The van der Waals surface area contributed by atoms with Crippen LogP contribution in [0.3, 0.4) is 0 Å². The van der Waals surface area contributed by atoms with Crippen molar-refractivity contribution in [2.45, 2.75) is 6.61 Å². The van der Waals surface area contributed by atoms with Crippen molar-refractivity contribution >= 4 is 23.0 Å². The normalized spacial score (nSPS) is 11.0. The Hall–Kier alpha value is -3.28. The Morgan fingerprint density at radius 2 is 2.12 bits per heavy atom. The molecule has 0 radical (unpaired) electrons. The SMILES string of the molecule is COc1ccc2c(COC(=O)/C=C/c3ccco3)cc(=O)oc2c1. The van der Waals surface area contributed by atoms with E-state index < -0.39 is 11.6 Å². The quantitative estimate of drug-likeness (QED) is 0.407. The van der Waals surface area contributed by atoms with Crippen LogP contribution in [0.25, 0.3) is 17.0 Å². The summed E-state index contributed by atoms with van der Waals surface area (Å²) < 4.78 is 20.5. The highest BCUT2D eigenvalue weighted by Gasteiger charge is 2.09. The van der Waals surface area contributed by atoms with Crippen LogP contribution in [0.1, 0.15) is 11.3 Å². The maximum atomic E-state index is 11.8. The summed E-state index contributed by atoms with van der Waals surface area (Å²) in [4.78, 5) is 23.4. The van der Waals surface area contributed by atoms with Crippen LogP contribution in [0.4, 0.5) is 0 Å².